The molecule has 1 aromatic carbocycles. The molecule has 1 atom stereocenters. The third kappa shape index (κ3) is 3.58. The first-order valence-electron chi connectivity index (χ1n) is 9.21. The highest BCUT2D eigenvalue weighted by Crippen LogP contribution is 2.39. The Labute approximate surface area is 177 Å². The van der Waals surface area contributed by atoms with Gasteiger partial charge < -0.3 is 15.6 Å². The van der Waals surface area contributed by atoms with Crippen molar-refractivity contribution in [1.82, 2.24) is 14.9 Å². The summed E-state index contributed by atoms with van der Waals surface area (Å²) in [6.07, 6.45) is 6.44. The Morgan fingerprint density at radius 3 is 2.93 bits per heavy atom. The third-order valence-electron chi connectivity index (χ3n) is 5.38. The molecule has 2 amide bonds. The van der Waals surface area contributed by atoms with Gasteiger partial charge in [0.15, 0.2) is 0 Å². The van der Waals surface area contributed by atoms with Crippen molar-refractivity contribution in [3.63, 3.8) is 0 Å². The number of hydrogen-bond donors (Lipinski definition) is 2. The average molecular weight is 433 g/mol. The minimum atomic E-state index is -0.504. The number of hydrogen-bond acceptors (Lipinski definition) is 2. The first-order valence-corrected chi connectivity index (χ1v) is 9.96. The number of halogens is 3. The standard InChI is InChI=1S/C21H19Cl2FN4O/c1-11(18-16(22)4-5-17(24)19(18)23)15-9-27-20-14(15)7-13(8-26-20)12-3-2-6-28(10-12)21(25)29/h3-5,7-9,11H,2,6,10H2,1H3,(H2,25,29)(H,26,27)/t11-/m0/s1. The SMILES string of the molecule is C[C@H](c1c(Cl)ccc(F)c1Cl)c1c[nH]c2ncc(C3=CCCN(C(N)=O)C3)cc12. The lowest BCUT2D eigenvalue weighted by Gasteiger charge is -2.25. The minimum Gasteiger partial charge on any atom is -0.351 e. The fraction of sp³-hybridized carbons (Fsp3) is 0.238. The van der Waals surface area contributed by atoms with Crippen molar-refractivity contribution in [2.24, 2.45) is 5.73 Å². The van der Waals surface area contributed by atoms with Crippen molar-refractivity contribution in [1.29, 1.82) is 0 Å². The number of pyridine rings is 1. The van der Waals surface area contributed by atoms with Crippen LogP contribution in [0.4, 0.5) is 9.18 Å². The Morgan fingerprint density at radius 2 is 2.17 bits per heavy atom. The number of carbonyl (C=O) groups is 1. The van der Waals surface area contributed by atoms with E-state index in [1.807, 2.05) is 19.2 Å². The monoisotopic (exact) mass is 432 g/mol. The molecule has 1 aliphatic rings. The van der Waals surface area contributed by atoms with Gasteiger partial charge in [-0.25, -0.2) is 14.2 Å². The Morgan fingerprint density at radius 1 is 1.38 bits per heavy atom. The van der Waals surface area contributed by atoms with Crippen LogP contribution in [0.5, 0.6) is 0 Å². The predicted octanol–water partition coefficient (Wildman–Crippen LogP) is 5.33. The number of amides is 2. The number of carbonyl (C=O) groups excluding carboxylic acids is 1. The molecule has 0 saturated heterocycles. The minimum absolute atomic E-state index is 0.0237. The number of primary amides is 1. The number of rotatable bonds is 3. The Balaban J connectivity index is 1.76. The smallest absolute Gasteiger partial charge is 0.315 e. The van der Waals surface area contributed by atoms with E-state index in [-0.39, 0.29) is 10.9 Å². The number of H-pyrrole nitrogens is 1. The van der Waals surface area contributed by atoms with Crippen LogP contribution in [0.3, 0.4) is 0 Å². The summed E-state index contributed by atoms with van der Waals surface area (Å²) < 4.78 is 14.0. The lowest BCUT2D eigenvalue weighted by Crippen LogP contribution is -2.39. The van der Waals surface area contributed by atoms with Crippen LogP contribution in [0.1, 0.15) is 36.0 Å². The van der Waals surface area contributed by atoms with Crippen LogP contribution < -0.4 is 5.73 Å². The maximum atomic E-state index is 14.0. The van der Waals surface area contributed by atoms with Crippen molar-refractivity contribution in [2.45, 2.75) is 19.3 Å². The number of nitrogens with one attached hydrogen (secondary N) is 1. The van der Waals surface area contributed by atoms with Crippen molar-refractivity contribution >= 4 is 45.8 Å². The molecule has 3 N–H and O–H groups in total. The quantitative estimate of drug-likeness (QED) is 0.548. The molecular weight excluding hydrogens is 414 g/mol. The normalized spacial score (nSPS) is 15.4. The van der Waals surface area contributed by atoms with Crippen LogP contribution in [-0.4, -0.2) is 34.0 Å². The molecule has 0 fully saturated rings. The molecule has 4 rings (SSSR count). The van der Waals surface area contributed by atoms with E-state index in [1.165, 1.54) is 12.1 Å². The zero-order valence-corrected chi connectivity index (χ0v) is 17.2. The van der Waals surface area contributed by atoms with Crippen molar-refractivity contribution in [3.8, 4) is 0 Å². The molecule has 5 nitrogen and oxygen atoms in total. The molecule has 0 unspecified atom stereocenters. The van der Waals surface area contributed by atoms with Gasteiger partial charge in [-0.05, 0) is 46.9 Å². The van der Waals surface area contributed by atoms with Gasteiger partial charge in [0.1, 0.15) is 11.5 Å². The fourth-order valence-corrected chi connectivity index (χ4v) is 4.49. The van der Waals surface area contributed by atoms with Gasteiger partial charge in [-0.15, -0.1) is 0 Å². The highest BCUT2D eigenvalue weighted by molar-refractivity contribution is 6.36. The molecule has 29 heavy (non-hydrogen) atoms. The molecule has 0 radical (unpaired) electrons. The summed E-state index contributed by atoms with van der Waals surface area (Å²) in [6, 6.07) is 4.35. The molecule has 2 aromatic heterocycles. The number of urea groups is 1. The van der Waals surface area contributed by atoms with Crippen LogP contribution in [-0.2, 0) is 0 Å². The molecule has 3 aromatic rings. The summed E-state index contributed by atoms with van der Waals surface area (Å²) >= 11 is 12.5. The van der Waals surface area contributed by atoms with Crippen molar-refractivity contribution in [2.75, 3.05) is 13.1 Å². The van der Waals surface area contributed by atoms with Gasteiger partial charge in [-0.3, -0.25) is 0 Å². The molecule has 0 aliphatic carbocycles. The molecule has 8 heteroatoms. The van der Waals surface area contributed by atoms with Gasteiger partial charge in [-0.2, -0.15) is 0 Å². The molecule has 0 spiro atoms. The first kappa shape index (κ1) is 19.7. The van der Waals surface area contributed by atoms with Crippen LogP contribution in [0.25, 0.3) is 16.6 Å². The molecule has 0 saturated carbocycles. The first-order chi connectivity index (χ1) is 13.9. The topological polar surface area (TPSA) is 75.0 Å². The summed E-state index contributed by atoms with van der Waals surface area (Å²) in [4.78, 5) is 20.8. The van der Waals surface area contributed by atoms with Crippen molar-refractivity contribution in [3.05, 3.63) is 69.2 Å². The Hall–Kier alpha value is -2.57. The molecule has 0 bridgehead atoms. The van der Waals surface area contributed by atoms with Crippen LogP contribution in [0.15, 0.2) is 36.7 Å². The van der Waals surface area contributed by atoms with Gasteiger partial charge in [0.05, 0.1) is 5.02 Å². The van der Waals surface area contributed by atoms with Crippen LogP contribution >= 0.6 is 23.2 Å². The van der Waals surface area contributed by atoms with Crippen LogP contribution in [0.2, 0.25) is 10.0 Å². The average Bonchev–Trinajstić information content (AvgIpc) is 3.14. The maximum Gasteiger partial charge on any atom is 0.315 e. The van der Waals surface area contributed by atoms with Gasteiger partial charge in [0, 0.05) is 41.8 Å². The number of nitrogens with zero attached hydrogens (tertiary/aromatic N) is 2. The zero-order chi connectivity index (χ0) is 20.7. The number of fused-ring (bicyclic) bond motifs is 1. The van der Waals surface area contributed by atoms with E-state index in [2.05, 4.69) is 16.0 Å². The Bertz CT molecular complexity index is 1140. The number of aromatic amines is 1. The molecular formula is C21H19Cl2FN4O. The highest BCUT2D eigenvalue weighted by atomic mass is 35.5. The second-order valence-corrected chi connectivity index (χ2v) is 7.91. The Kier molecular flexibility index (Phi) is 5.23. The van der Waals surface area contributed by atoms with Gasteiger partial charge in [-0.1, -0.05) is 36.2 Å². The van der Waals surface area contributed by atoms with E-state index in [0.717, 1.165) is 28.5 Å². The third-order valence-corrected chi connectivity index (χ3v) is 6.09. The lowest BCUT2D eigenvalue weighted by atomic mass is 9.92. The second kappa shape index (κ2) is 7.69. The van der Waals surface area contributed by atoms with E-state index in [0.29, 0.717) is 29.3 Å². The summed E-state index contributed by atoms with van der Waals surface area (Å²) in [6.45, 7) is 2.98. The van der Waals surface area contributed by atoms with E-state index >= 15 is 0 Å². The van der Waals surface area contributed by atoms with Crippen LogP contribution in [0, 0.1) is 5.82 Å². The fourth-order valence-electron chi connectivity index (χ4n) is 3.79. The largest absolute Gasteiger partial charge is 0.351 e. The summed E-state index contributed by atoms with van der Waals surface area (Å²) in [7, 11) is 0. The van der Waals surface area contributed by atoms with E-state index in [4.69, 9.17) is 28.9 Å². The number of nitrogens with two attached hydrogens (primary N) is 1. The van der Waals surface area contributed by atoms with E-state index in [9.17, 15) is 9.18 Å². The van der Waals surface area contributed by atoms with E-state index < -0.39 is 11.8 Å². The van der Waals surface area contributed by atoms with Crippen molar-refractivity contribution < 1.29 is 9.18 Å². The van der Waals surface area contributed by atoms with Gasteiger partial charge in [0.2, 0.25) is 0 Å². The van der Waals surface area contributed by atoms with Gasteiger partial charge >= 0.3 is 6.03 Å². The highest BCUT2D eigenvalue weighted by Gasteiger charge is 2.23. The molecule has 1 aliphatic heterocycles. The molecule has 150 valence electrons. The van der Waals surface area contributed by atoms with Gasteiger partial charge in [0.25, 0.3) is 0 Å². The van der Waals surface area contributed by atoms with E-state index in [1.54, 1.807) is 11.1 Å². The summed E-state index contributed by atoms with van der Waals surface area (Å²) in [5, 5.41) is 1.33. The second-order valence-electron chi connectivity index (χ2n) is 7.12. The number of aromatic nitrogens is 2. The maximum absolute atomic E-state index is 14.0. The number of benzene rings is 1. The predicted molar refractivity (Wildman–Crippen MR) is 114 cm³/mol. The zero-order valence-electron chi connectivity index (χ0n) is 15.7. The summed E-state index contributed by atoms with van der Waals surface area (Å²) in [5.74, 6) is -0.755. The summed E-state index contributed by atoms with van der Waals surface area (Å²) in [5.41, 5.74) is 9.49. The molecule has 3 heterocycles. The lowest BCUT2D eigenvalue weighted by molar-refractivity contribution is 0.213.